The summed E-state index contributed by atoms with van der Waals surface area (Å²) in [7, 11) is 0. The average molecular weight is 216 g/mol. The zero-order valence-corrected chi connectivity index (χ0v) is 9.24. The lowest BCUT2D eigenvalue weighted by Gasteiger charge is -2.10. The molecule has 1 aromatic heterocycles. The monoisotopic (exact) mass is 216 g/mol. The third-order valence-electron chi connectivity index (χ3n) is 2.94. The van der Waals surface area contributed by atoms with E-state index in [4.69, 9.17) is 5.26 Å². The van der Waals surface area contributed by atoms with Crippen LogP contribution in [-0.2, 0) is 0 Å². The predicted molar refractivity (Wildman–Crippen MR) is 63.0 cm³/mol. The fourth-order valence-electron chi connectivity index (χ4n) is 2.01. The predicted octanol–water partition coefficient (Wildman–Crippen LogP) is 1.36. The Morgan fingerprint density at radius 1 is 1.62 bits per heavy atom. The smallest absolute Gasteiger partial charge is 0.163 e. The van der Waals surface area contributed by atoms with Crippen molar-refractivity contribution in [1.82, 2.24) is 10.3 Å². The molecule has 1 aromatic rings. The number of nitriles is 1. The molecule has 84 valence electrons. The molecule has 16 heavy (non-hydrogen) atoms. The summed E-state index contributed by atoms with van der Waals surface area (Å²) in [5, 5.41) is 15.5. The molecule has 0 bridgehead atoms. The van der Waals surface area contributed by atoms with Crippen LogP contribution in [0.4, 0.5) is 5.69 Å². The highest BCUT2D eigenvalue weighted by molar-refractivity contribution is 5.53. The zero-order chi connectivity index (χ0) is 11.2. The Bertz CT molecular complexity index is 377. The maximum atomic E-state index is 8.87. The Hall–Kier alpha value is -1.60. The molecule has 2 rings (SSSR count). The summed E-state index contributed by atoms with van der Waals surface area (Å²) in [6.45, 7) is 3.17. The average Bonchev–Trinajstić information content (AvgIpc) is 2.83. The van der Waals surface area contributed by atoms with Crippen molar-refractivity contribution in [1.29, 1.82) is 5.26 Å². The van der Waals surface area contributed by atoms with Crippen LogP contribution in [0, 0.1) is 17.2 Å². The number of anilines is 1. The van der Waals surface area contributed by atoms with Crippen molar-refractivity contribution in [2.45, 2.75) is 12.8 Å². The standard InChI is InChI=1S/C12H16N4/c13-8-12-11(2-1-5-15-12)16-7-4-10-3-6-14-9-10/h1-2,5,10,14,16H,3-4,6-7,9H2. The van der Waals surface area contributed by atoms with E-state index in [0.29, 0.717) is 5.69 Å². The van der Waals surface area contributed by atoms with Crippen molar-refractivity contribution in [3.8, 4) is 6.07 Å². The molecule has 0 spiro atoms. The van der Waals surface area contributed by atoms with E-state index >= 15 is 0 Å². The molecule has 0 radical (unpaired) electrons. The van der Waals surface area contributed by atoms with Gasteiger partial charge in [-0.25, -0.2) is 4.98 Å². The maximum absolute atomic E-state index is 8.87. The SMILES string of the molecule is N#Cc1ncccc1NCCC1CCNC1. The van der Waals surface area contributed by atoms with Crippen LogP contribution in [0.15, 0.2) is 18.3 Å². The first-order chi connectivity index (χ1) is 7.90. The van der Waals surface area contributed by atoms with E-state index in [9.17, 15) is 0 Å². The first-order valence-corrected chi connectivity index (χ1v) is 5.70. The number of aromatic nitrogens is 1. The molecule has 0 aromatic carbocycles. The van der Waals surface area contributed by atoms with Gasteiger partial charge in [-0.15, -0.1) is 0 Å². The Morgan fingerprint density at radius 2 is 2.56 bits per heavy atom. The topological polar surface area (TPSA) is 60.7 Å². The third-order valence-corrected chi connectivity index (χ3v) is 2.94. The van der Waals surface area contributed by atoms with Gasteiger partial charge in [-0.05, 0) is 44.0 Å². The quantitative estimate of drug-likeness (QED) is 0.798. The second-order valence-corrected chi connectivity index (χ2v) is 4.09. The normalized spacial score (nSPS) is 19.3. The number of pyridine rings is 1. The van der Waals surface area contributed by atoms with Crippen LogP contribution < -0.4 is 10.6 Å². The molecule has 0 saturated carbocycles. The summed E-state index contributed by atoms with van der Waals surface area (Å²) in [4.78, 5) is 4.01. The van der Waals surface area contributed by atoms with Crippen LogP contribution in [-0.4, -0.2) is 24.6 Å². The van der Waals surface area contributed by atoms with E-state index in [1.54, 1.807) is 6.20 Å². The van der Waals surface area contributed by atoms with Gasteiger partial charge >= 0.3 is 0 Å². The first kappa shape index (κ1) is 10.9. The van der Waals surface area contributed by atoms with Gasteiger partial charge in [-0.3, -0.25) is 0 Å². The third kappa shape index (κ3) is 2.71. The van der Waals surface area contributed by atoms with Gasteiger partial charge < -0.3 is 10.6 Å². The van der Waals surface area contributed by atoms with Gasteiger partial charge in [-0.1, -0.05) is 0 Å². The molecular weight excluding hydrogens is 200 g/mol. The van der Waals surface area contributed by atoms with Gasteiger partial charge in [-0.2, -0.15) is 5.26 Å². The molecule has 0 aliphatic carbocycles. The summed E-state index contributed by atoms with van der Waals surface area (Å²) in [5.74, 6) is 0.773. The van der Waals surface area contributed by atoms with E-state index in [0.717, 1.165) is 37.7 Å². The van der Waals surface area contributed by atoms with E-state index in [1.165, 1.54) is 6.42 Å². The molecule has 0 amide bonds. The van der Waals surface area contributed by atoms with Gasteiger partial charge in [0.25, 0.3) is 0 Å². The second kappa shape index (κ2) is 5.47. The highest BCUT2D eigenvalue weighted by Gasteiger charge is 2.13. The highest BCUT2D eigenvalue weighted by Crippen LogP contribution is 2.14. The van der Waals surface area contributed by atoms with Crippen LogP contribution >= 0.6 is 0 Å². The zero-order valence-electron chi connectivity index (χ0n) is 9.24. The van der Waals surface area contributed by atoms with Gasteiger partial charge in [0.2, 0.25) is 0 Å². The van der Waals surface area contributed by atoms with E-state index < -0.39 is 0 Å². The maximum Gasteiger partial charge on any atom is 0.163 e. The molecular formula is C12H16N4. The van der Waals surface area contributed by atoms with Crippen LogP contribution in [0.1, 0.15) is 18.5 Å². The Morgan fingerprint density at radius 3 is 3.31 bits per heavy atom. The van der Waals surface area contributed by atoms with E-state index in [2.05, 4.69) is 21.7 Å². The Labute approximate surface area is 95.7 Å². The minimum Gasteiger partial charge on any atom is -0.383 e. The minimum absolute atomic E-state index is 0.479. The van der Waals surface area contributed by atoms with Crippen molar-refractivity contribution in [3.63, 3.8) is 0 Å². The van der Waals surface area contributed by atoms with Crippen molar-refractivity contribution in [2.75, 3.05) is 25.0 Å². The second-order valence-electron chi connectivity index (χ2n) is 4.09. The van der Waals surface area contributed by atoms with Gasteiger partial charge in [0.1, 0.15) is 6.07 Å². The summed E-state index contributed by atoms with van der Waals surface area (Å²) in [5.41, 5.74) is 1.32. The van der Waals surface area contributed by atoms with Gasteiger partial charge in [0.05, 0.1) is 5.69 Å². The van der Waals surface area contributed by atoms with E-state index in [-0.39, 0.29) is 0 Å². The molecule has 1 aliphatic rings. The van der Waals surface area contributed by atoms with Crippen LogP contribution in [0.5, 0.6) is 0 Å². The molecule has 1 atom stereocenters. The molecule has 1 fully saturated rings. The van der Waals surface area contributed by atoms with Crippen LogP contribution in [0.25, 0.3) is 0 Å². The largest absolute Gasteiger partial charge is 0.383 e. The lowest BCUT2D eigenvalue weighted by Crippen LogP contribution is -2.13. The van der Waals surface area contributed by atoms with Crippen molar-refractivity contribution < 1.29 is 0 Å². The lowest BCUT2D eigenvalue weighted by atomic mass is 10.1. The van der Waals surface area contributed by atoms with Crippen LogP contribution in [0.3, 0.4) is 0 Å². The molecule has 1 saturated heterocycles. The molecule has 1 aliphatic heterocycles. The first-order valence-electron chi connectivity index (χ1n) is 5.70. The summed E-state index contributed by atoms with van der Waals surface area (Å²) in [6, 6.07) is 5.84. The van der Waals surface area contributed by atoms with Crippen LogP contribution in [0.2, 0.25) is 0 Å². The Balaban J connectivity index is 1.82. The van der Waals surface area contributed by atoms with Crippen molar-refractivity contribution >= 4 is 5.69 Å². The minimum atomic E-state index is 0.479. The molecule has 2 heterocycles. The molecule has 1 unspecified atom stereocenters. The van der Waals surface area contributed by atoms with Gasteiger partial charge in [0, 0.05) is 12.7 Å². The van der Waals surface area contributed by atoms with Crippen molar-refractivity contribution in [3.05, 3.63) is 24.0 Å². The Kier molecular flexibility index (Phi) is 3.73. The fourth-order valence-corrected chi connectivity index (χ4v) is 2.01. The lowest BCUT2D eigenvalue weighted by molar-refractivity contribution is 0.549. The number of rotatable bonds is 4. The fraction of sp³-hybridized carbons (Fsp3) is 0.500. The molecule has 4 nitrogen and oxygen atoms in total. The highest BCUT2D eigenvalue weighted by atomic mass is 14.9. The summed E-state index contributed by atoms with van der Waals surface area (Å²) >= 11 is 0. The molecule has 4 heteroatoms. The summed E-state index contributed by atoms with van der Waals surface area (Å²) in [6.07, 6.45) is 4.05. The van der Waals surface area contributed by atoms with Crippen molar-refractivity contribution in [2.24, 2.45) is 5.92 Å². The van der Waals surface area contributed by atoms with E-state index in [1.807, 2.05) is 12.1 Å². The van der Waals surface area contributed by atoms with Gasteiger partial charge in [0.15, 0.2) is 5.69 Å². The molecule has 2 N–H and O–H groups in total. The number of hydrogen-bond donors (Lipinski definition) is 2. The number of hydrogen-bond acceptors (Lipinski definition) is 4. The number of nitrogens with zero attached hydrogens (tertiary/aromatic N) is 2. The number of nitrogens with one attached hydrogen (secondary N) is 2. The summed E-state index contributed by atoms with van der Waals surface area (Å²) < 4.78 is 0.